The number of hydrogen-bond acceptors (Lipinski definition) is 5. The second-order valence-electron chi connectivity index (χ2n) is 7.05. The Morgan fingerprint density at radius 1 is 1.07 bits per heavy atom. The van der Waals surface area contributed by atoms with Crippen molar-refractivity contribution in [3.05, 3.63) is 57.8 Å². The van der Waals surface area contributed by atoms with Gasteiger partial charge in [0.05, 0.1) is 18.2 Å². The topological polar surface area (TPSA) is 104 Å². The zero-order valence-electron chi connectivity index (χ0n) is 16.8. The minimum Gasteiger partial charge on any atom is -0.352 e. The van der Waals surface area contributed by atoms with Crippen molar-refractivity contribution in [3.8, 4) is 0 Å². The van der Waals surface area contributed by atoms with E-state index in [1.807, 2.05) is 17.5 Å². The molecular weight excluding hydrogens is 410 g/mol. The number of carbonyl (C=O) groups excluding carboxylic acids is 2. The molecule has 2 aromatic rings. The Balaban J connectivity index is 2.02. The maximum atomic E-state index is 12.5. The number of hydrogen-bond donors (Lipinski definition) is 3. The molecule has 2 amide bonds. The lowest BCUT2D eigenvalue weighted by Crippen LogP contribution is -2.33. The Morgan fingerprint density at radius 3 is 2.34 bits per heavy atom. The van der Waals surface area contributed by atoms with Crippen LogP contribution >= 0.6 is 11.3 Å². The van der Waals surface area contributed by atoms with Crippen molar-refractivity contribution in [2.24, 2.45) is 0 Å². The summed E-state index contributed by atoms with van der Waals surface area (Å²) >= 11 is 1.47. The molecular formula is C20H27N3O4S2. The number of carbonyl (C=O) groups is 2. The van der Waals surface area contributed by atoms with E-state index in [0.717, 1.165) is 10.4 Å². The Bertz CT molecular complexity index is 925. The lowest BCUT2D eigenvalue weighted by molar-refractivity contribution is -0.122. The lowest BCUT2D eigenvalue weighted by Gasteiger charge is -2.17. The molecule has 0 saturated heterocycles. The number of sulfonamides is 1. The second-order valence-corrected chi connectivity index (χ2v) is 9.78. The maximum Gasteiger partial charge on any atom is 0.222 e. The highest BCUT2D eigenvalue weighted by Crippen LogP contribution is 2.22. The number of benzene rings is 1. The summed E-state index contributed by atoms with van der Waals surface area (Å²) in [7, 11) is -3.47. The van der Waals surface area contributed by atoms with Gasteiger partial charge >= 0.3 is 0 Å². The van der Waals surface area contributed by atoms with Gasteiger partial charge in [0, 0.05) is 24.4 Å². The first-order valence-corrected chi connectivity index (χ1v) is 11.8. The summed E-state index contributed by atoms with van der Waals surface area (Å²) in [6.07, 6.45) is 0.107. The molecule has 0 aliphatic carbocycles. The molecule has 1 heterocycles. The molecule has 7 nitrogen and oxygen atoms in total. The van der Waals surface area contributed by atoms with Gasteiger partial charge in [-0.05, 0) is 36.4 Å². The van der Waals surface area contributed by atoms with E-state index in [1.54, 1.807) is 38.1 Å². The molecule has 29 heavy (non-hydrogen) atoms. The first kappa shape index (κ1) is 23.1. The molecule has 0 fully saturated rings. The van der Waals surface area contributed by atoms with Gasteiger partial charge in [-0.15, -0.1) is 11.3 Å². The van der Waals surface area contributed by atoms with E-state index in [1.165, 1.54) is 18.3 Å². The molecule has 0 spiro atoms. The van der Waals surface area contributed by atoms with Crippen LogP contribution in [0.2, 0.25) is 0 Å². The monoisotopic (exact) mass is 437 g/mol. The summed E-state index contributed by atoms with van der Waals surface area (Å²) in [5.74, 6) is -0.583. The number of nitrogens with one attached hydrogen (secondary N) is 3. The summed E-state index contributed by atoms with van der Waals surface area (Å²) in [5.41, 5.74) is 1.37. The van der Waals surface area contributed by atoms with Gasteiger partial charge in [-0.25, -0.2) is 13.1 Å². The molecule has 9 heteroatoms. The molecule has 0 radical (unpaired) electrons. The fourth-order valence-corrected chi connectivity index (χ4v) is 5.16. The molecule has 0 aliphatic rings. The average molecular weight is 438 g/mol. The van der Waals surface area contributed by atoms with E-state index in [4.69, 9.17) is 0 Å². The van der Waals surface area contributed by atoms with E-state index >= 15 is 0 Å². The van der Waals surface area contributed by atoms with Gasteiger partial charge < -0.3 is 10.6 Å². The molecule has 2 rings (SSSR count). The highest BCUT2D eigenvalue weighted by molar-refractivity contribution is 7.88. The molecule has 0 bridgehead atoms. The van der Waals surface area contributed by atoms with Crippen LogP contribution in [0.25, 0.3) is 0 Å². The zero-order valence-corrected chi connectivity index (χ0v) is 18.4. The van der Waals surface area contributed by atoms with Crippen LogP contribution in [0, 0.1) is 0 Å². The zero-order chi connectivity index (χ0) is 21.4. The molecule has 0 unspecified atom stereocenters. The van der Waals surface area contributed by atoms with Gasteiger partial charge in [-0.2, -0.15) is 0 Å². The Kier molecular flexibility index (Phi) is 8.36. The molecule has 0 saturated carbocycles. The summed E-state index contributed by atoms with van der Waals surface area (Å²) in [6, 6.07) is 10.3. The number of thiophene rings is 1. The predicted octanol–water partition coefficient (Wildman–Crippen LogP) is 2.46. The van der Waals surface area contributed by atoms with E-state index < -0.39 is 16.1 Å². The van der Waals surface area contributed by atoms with Crippen molar-refractivity contribution >= 4 is 33.2 Å². The average Bonchev–Trinajstić information content (AvgIpc) is 3.13. The Labute approximate surface area is 176 Å². The van der Waals surface area contributed by atoms with Crippen molar-refractivity contribution < 1.29 is 18.0 Å². The lowest BCUT2D eigenvalue weighted by atomic mass is 10.1. The van der Waals surface area contributed by atoms with Crippen molar-refractivity contribution in [2.75, 3.05) is 0 Å². The van der Waals surface area contributed by atoms with Gasteiger partial charge in [0.15, 0.2) is 0 Å². The van der Waals surface area contributed by atoms with Crippen LogP contribution in [0.3, 0.4) is 0 Å². The molecule has 1 aromatic carbocycles. The van der Waals surface area contributed by atoms with E-state index in [2.05, 4.69) is 15.4 Å². The fourth-order valence-electron chi connectivity index (χ4n) is 2.89. The highest BCUT2D eigenvalue weighted by Gasteiger charge is 2.19. The first-order chi connectivity index (χ1) is 13.7. The maximum absolute atomic E-state index is 12.5. The molecule has 158 valence electrons. The minimum atomic E-state index is -3.47. The van der Waals surface area contributed by atoms with E-state index in [9.17, 15) is 18.0 Å². The fraction of sp³-hybridized carbons (Fsp3) is 0.400. The predicted molar refractivity (Wildman–Crippen MR) is 115 cm³/mol. The third-order valence-electron chi connectivity index (χ3n) is 4.01. The van der Waals surface area contributed by atoms with Crippen molar-refractivity contribution in [3.63, 3.8) is 0 Å². The van der Waals surface area contributed by atoms with Gasteiger partial charge in [-0.1, -0.05) is 30.3 Å². The molecule has 1 aromatic heterocycles. The van der Waals surface area contributed by atoms with Crippen molar-refractivity contribution in [1.82, 2.24) is 15.4 Å². The molecule has 3 N–H and O–H groups in total. The minimum absolute atomic E-state index is 0.107. The van der Waals surface area contributed by atoms with Gasteiger partial charge in [-0.3, -0.25) is 9.59 Å². The third kappa shape index (κ3) is 7.96. The SMILES string of the molecule is CC(=O)N[C@H](CC(=O)NCc1ccccc1CS(=O)(=O)NC(C)C)c1cccs1. The van der Waals surface area contributed by atoms with Crippen molar-refractivity contribution in [2.45, 2.75) is 51.6 Å². The van der Waals surface area contributed by atoms with Crippen LogP contribution < -0.4 is 15.4 Å². The van der Waals surface area contributed by atoms with Crippen molar-refractivity contribution in [1.29, 1.82) is 0 Å². The summed E-state index contributed by atoms with van der Waals surface area (Å²) in [5, 5.41) is 7.52. The molecule has 0 aliphatic heterocycles. The number of rotatable bonds is 10. The van der Waals surface area contributed by atoms with Gasteiger partial charge in [0.25, 0.3) is 0 Å². The molecule has 1 atom stereocenters. The third-order valence-corrected chi connectivity index (χ3v) is 6.52. The van der Waals surface area contributed by atoms with Crippen LogP contribution in [0.4, 0.5) is 0 Å². The summed E-state index contributed by atoms with van der Waals surface area (Å²) in [4.78, 5) is 24.8. The normalized spacial score (nSPS) is 12.6. The van der Waals surface area contributed by atoms with Crippen LogP contribution in [0.1, 0.15) is 49.2 Å². The Morgan fingerprint density at radius 2 is 1.76 bits per heavy atom. The van der Waals surface area contributed by atoms with Gasteiger partial charge in [0.1, 0.15) is 0 Å². The van der Waals surface area contributed by atoms with Crippen LogP contribution in [0.5, 0.6) is 0 Å². The van der Waals surface area contributed by atoms with E-state index in [-0.39, 0.29) is 36.6 Å². The quantitative estimate of drug-likeness (QED) is 0.531. The second kappa shape index (κ2) is 10.5. The van der Waals surface area contributed by atoms with Crippen LogP contribution in [0.15, 0.2) is 41.8 Å². The van der Waals surface area contributed by atoms with Crippen LogP contribution in [-0.2, 0) is 31.9 Å². The largest absolute Gasteiger partial charge is 0.352 e. The summed E-state index contributed by atoms with van der Waals surface area (Å²) < 4.78 is 27.1. The standard InChI is InChI=1S/C20H27N3O4S2/c1-14(2)23-29(26,27)13-17-8-5-4-7-16(17)12-21-20(25)11-18(22-15(3)24)19-9-6-10-28-19/h4-10,14,18,23H,11-13H2,1-3H3,(H,21,25)(H,22,24)/t18-/m1/s1. The Hall–Kier alpha value is -2.23. The number of amides is 2. The first-order valence-electron chi connectivity index (χ1n) is 9.30. The van der Waals surface area contributed by atoms with Gasteiger partial charge in [0.2, 0.25) is 21.8 Å². The summed E-state index contributed by atoms with van der Waals surface area (Å²) in [6.45, 7) is 5.16. The smallest absolute Gasteiger partial charge is 0.222 e. The highest BCUT2D eigenvalue weighted by atomic mass is 32.2. The van der Waals surface area contributed by atoms with Crippen LogP contribution in [-0.4, -0.2) is 26.3 Å². The van der Waals surface area contributed by atoms with E-state index in [0.29, 0.717) is 5.56 Å².